The Morgan fingerprint density at radius 3 is 2.77 bits per heavy atom. The largest absolute Gasteiger partial charge is 0.493 e. The Labute approximate surface area is 288 Å². The van der Waals surface area contributed by atoms with Gasteiger partial charge < -0.3 is 29.4 Å². The molecule has 0 unspecified atom stereocenters. The summed E-state index contributed by atoms with van der Waals surface area (Å²) in [5, 5.41) is 13.9. The number of hydrogen-bond donors (Lipinski definition) is 2. The average Bonchev–Trinajstić information content (AvgIpc) is 3.37. The maximum Gasteiger partial charge on any atom is 0.331 e. The Hall–Kier alpha value is -3.49. The normalized spacial score (nSPS) is 27.9. The minimum Gasteiger partial charge on any atom is -0.493 e. The first-order valence-corrected chi connectivity index (χ1v) is 17.9. The van der Waals surface area contributed by atoms with Crippen molar-refractivity contribution in [2.24, 2.45) is 11.8 Å². The fourth-order valence-corrected chi connectivity index (χ4v) is 9.18. The van der Waals surface area contributed by atoms with Crippen molar-refractivity contribution in [2.75, 3.05) is 32.2 Å². The molecule has 48 heavy (non-hydrogen) atoms. The lowest BCUT2D eigenvalue weighted by molar-refractivity contribution is -0.148. The molecule has 0 bridgehead atoms. The second kappa shape index (κ2) is 13.4. The third-order valence-corrected chi connectivity index (χ3v) is 11.7. The van der Waals surface area contributed by atoms with Crippen LogP contribution in [0.4, 0.5) is 5.69 Å². The summed E-state index contributed by atoms with van der Waals surface area (Å²) in [6.45, 7) is 5.44. The summed E-state index contributed by atoms with van der Waals surface area (Å²) < 4.78 is 24.2. The highest BCUT2D eigenvalue weighted by molar-refractivity contribution is 6.30. The monoisotopic (exact) mass is 674 g/mol. The number of ether oxygens (including phenoxy) is 4. The van der Waals surface area contributed by atoms with E-state index < -0.39 is 5.54 Å². The first kappa shape index (κ1) is 33.0. The predicted octanol–water partition coefficient (Wildman–Crippen LogP) is 7.42. The van der Waals surface area contributed by atoms with Gasteiger partial charge in [-0.15, -0.1) is 0 Å². The van der Waals surface area contributed by atoms with Crippen molar-refractivity contribution < 1.29 is 28.8 Å². The van der Waals surface area contributed by atoms with Gasteiger partial charge in [0.2, 0.25) is 0 Å². The van der Waals surface area contributed by atoms with Crippen molar-refractivity contribution in [3.05, 3.63) is 76.1 Å². The molecule has 0 saturated heterocycles. The molecule has 0 radical (unpaired) electrons. The number of nitrogens with zero attached hydrogens (tertiary/aromatic N) is 1. The number of nitrogens with one attached hydrogen (secondary N) is 1. The summed E-state index contributed by atoms with van der Waals surface area (Å²) in [5.74, 6) is 3.27. The number of hydrogen-bond acceptors (Lipinski definition) is 8. The molecular weight excluding hydrogens is 628 g/mol. The number of aliphatic hydroxyl groups is 1. The van der Waals surface area contributed by atoms with Crippen molar-refractivity contribution in [2.45, 2.75) is 94.6 Å². The summed E-state index contributed by atoms with van der Waals surface area (Å²) in [6, 6.07) is 13.9. The summed E-state index contributed by atoms with van der Waals surface area (Å²) in [6.07, 6.45) is 9.65. The number of aromatic nitrogens is 1. The number of carbonyl (C=O) groups is 1. The molecule has 1 aromatic heterocycles. The van der Waals surface area contributed by atoms with Crippen LogP contribution in [0.3, 0.4) is 0 Å². The van der Waals surface area contributed by atoms with Crippen LogP contribution in [0, 0.1) is 11.8 Å². The number of rotatable bonds is 9. The molecule has 2 aromatic carbocycles. The van der Waals surface area contributed by atoms with E-state index in [-0.39, 0.29) is 24.1 Å². The number of halogens is 1. The maximum absolute atomic E-state index is 13.5. The molecule has 4 aliphatic rings. The van der Waals surface area contributed by atoms with Crippen molar-refractivity contribution in [3.8, 4) is 17.2 Å². The Balaban J connectivity index is 1.16. The van der Waals surface area contributed by atoms with Crippen LogP contribution >= 0.6 is 11.6 Å². The fraction of sp³-hybridized carbons (Fsp3) is 0.538. The second-order valence-electron chi connectivity index (χ2n) is 14.6. The van der Waals surface area contributed by atoms with Gasteiger partial charge in [-0.3, -0.25) is 4.98 Å². The standard InChI is InChI=1S/C39H47ClN2O6/c1-24(22-46-33-10-15-41-32-9-4-6-25(2)36(32)33)16-27-17-26-18-35-34(47-23-30(21-43)48-35)20-31(26)38(27)11-13-39(14-12-38,37(44)45-3)42-29-8-5-7-28(40)19-29/h5,7-8,10,15,18-20,24-25,27,30,42-43H,4,6,9,11-14,16-17,21-23H2,1-3H3/t24-,25-,27+,30-,38?,39?/m1/s1. The number of pyridine rings is 1. The molecule has 0 amide bonds. The van der Waals surface area contributed by atoms with Crippen LogP contribution in [0.5, 0.6) is 17.2 Å². The van der Waals surface area contributed by atoms with E-state index in [9.17, 15) is 9.90 Å². The van der Waals surface area contributed by atoms with E-state index in [1.807, 2.05) is 36.5 Å². The third kappa shape index (κ3) is 6.11. The van der Waals surface area contributed by atoms with Crippen molar-refractivity contribution in [1.29, 1.82) is 0 Å². The summed E-state index contributed by atoms with van der Waals surface area (Å²) in [5.41, 5.74) is 4.83. The number of benzene rings is 2. The van der Waals surface area contributed by atoms with Gasteiger partial charge in [0, 0.05) is 28.2 Å². The minimum absolute atomic E-state index is 0.0880. The van der Waals surface area contributed by atoms with Gasteiger partial charge >= 0.3 is 5.97 Å². The lowest BCUT2D eigenvalue weighted by atomic mass is 9.59. The zero-order valence-electron chi connectivity index (χ0n) is 28.2. The first-order valence-electron chi connectivity index (χ1n) is 17.5. The predicted molar refractivity (Wildman–Crippen MR) is 185 cm³/mol. The molecule has 256 valence electrons. The summed E-state index contributed by atoms with van der Waals surface area (Å²) in [4.78, 5) is 18.2. The molecule has 2 N–H and O–H groups in total. The molecule has 2 heterocycles. The summed E-state index contributed by atoms with van der Waals surface area (Å²) >= 11 is 6.32. The van der Waals surface area contributed by atoms with Gasteiger partial charge in [-0.2, -0.15) is 0 Å². The van der Waals surface area contributed by atoms with Crippen molar-refractivity contribution >= 4 is 23.3 Å². The number of methoxy groups -OCH3 is 1. The lowest BCUT2D eigenvalue weighted by Gasteiger charge is -2.48. The topological polar surface area (TPSA) is 99.1 Å². The number of anilines is 1. The van der Waals surface area contributed by atoms with Gasteiger partial charge in [0.1, 0.15) is 17.9 Å². The molecule has 1 fully saturated rings. The number of carbonyl (C=O) groups excluding carboxylic acids is 1. The number of fused-ring (bicyclic) bond motifs is 4. The molecule has 4 atom stereocenters. The van der Waals surface area contributed by atoms with E-state index in [0.29, 0.717) is 54.6 Å². The number of esters is 1. The summed E-state index contributed by atoms with van der Waals surface area (Å²) in [7, 11) is 1.47. The van der Waals surface area contributed by atoms with Crippen molar-refractivity contribution in [3.63, 3.8) is 0 Å². The van der Waals surface area contributed by atoms with Crippen LogP contribution in [0.2, 0.25) is 5.02 Å². The molecule has 1 saturated carbocycles. The Bertz CT molecular complexity index is 1650. The van der Waals surface area contributed by atoms with E-state index in [1.165, 1.54) is 42.3 Å². The van der Waals surface area contributed by atoms with Crippen LogP contribution in [0.25, 0.3) is 0 Å². The van der Waals surface area contributed by atoms with E-state index >= 15 is 0 Å². The Kier molecular flexibility index (Phi) is 9.24. The van der Waals surface area contributed by atoms with Gasteiger partial charge in [0.15, 0.2) is 17.6 Å². The molecule has 3 aliphatic carbocycles. The van der Waals surface area contributed by atoms with E-state index in [0.717, 1.165) is 49.3 Å². The quantitative estimate of drug-likeness (QED) is 0.226. The van der Waals surface area contributed by atoms with Crippen molar-refractivity contribution in [1.82, 2.24) is 4.98 Å². The maximum atomic E-state index is 13.5. The molecule has 9 heteroatoms. The molecule has 1 aliphatic heterocycles. The van der Waals surface area contributed by atoms with Gasteiger partial charge in [-0.1, -0.05) is 31.5 Å². The second-order valence-corrected chi connectivity index (χ2v) is 15.0. The highest BCUT2D eigenvalue weighted by Crippen LogP contribution is 2.58. The van der Waals surface area contributed by atoms with E-state index in [2.05, 4.69) is 36.3 Å². The molecule has 7 rings (SSSR count). The minimum atomic E-state index is -0.855. The highest BCUT2D eigenvalue weighted by Gasteiger charge is 2.55. The fourth-order valence-electron chi connectivity index (χ4n) is 8.99. The van der Waals surface area contributed by atoms with Gasteiger partial charge in [0.25, 0.3) is 0 Å². The highest BCUT2D eigenvalue weighted by atomic mass is 35.5. The van der Waals surface area contributed by atoms with Crippen LogP contribution in [-0.4, -0.2) is 54.6 Å². The Morgan fingerprint density at radius 1 is 1.17 bits per heavy atom. The third-order valence-electron chi connectivity index (χ3n) is 11.4. The van der Waals surface area contributed by atoms with Gasteiger partial charge in [-0.05, 0) is 128 Å². The smallest absolute Gasteiger partial charge is 0.331 e. The first-order chi connectivity index (χ1) is 23.2. The van der Waals surface area contributed by atoms with Crippen LogP contribution in [0.15, 0.2) is 48.7 Å². The zero-order chi connectivity index (χ0) is 33.5. The molecule has 1 spiro atoms. The van der Waals surface area contributed by atoms with Gasteiger partial charge in [-0.25, -0.2) is 4.79 Å². The SMILES string of the molecule is COC(=O)C1(Nc2cccc(Cl)c2)CCC2(CC1)c1cc3c(cc1C[C@@H]2C[C@@H](C)COc1ccnc2c1[C@H](C)CCC2)O[C@H](CO)CO3. The molecule has 8 nitrogen and oxygen atoms in total. The van der Waals surface area contributed by atoms with E-state index in [1.54, 1.807) is 0 Å². The molecular formula is C39H47ClN2O6. The van der Waals surface area contributed by atoms with Gasteiger partial charge in [0.05, 0.1) is 20.3 Å². The Morgan fingerprint density at radius 2 is 2.00 bits per heavy atom. The zero-order valence-corrected chi connectivity index (χ0v) is 29.0. The lowest BCUT2D eigenvalue weighted by Crippen LogP contribution is -2.53. The van der Waals surface area contributed by atoms with E-state index in [4.69, 9.17) is 30.5 Å². The average molecular weight is 675 g/mol. The van der Waals surface area contributed by atoms with Crippen LogP contribution in [0.1, 0.15) is 87.1 Å². The number of aryl methyl sites for hydroxylation is 1. The molecule has 3 aromatic rings. The number of aliphatic hydroxyl groups excluding tert-OH is 1. The van der Waals surface area contributed by atoms with Crippen LogP contribution < -0.4 is 19.5 Å². The van der Waals surface area contributed by atoms with Crippen LogP contribution in [-0.2, 0) is 27.8 Å².